The van der Waals surface area contributed by atoms with E-state index in [1.807, 2.05) is 20.8 Å². The van der Waals surface area contributed by atoms with E-state index in [1.165, 1.54) is 0 Å². The van der Waals surface area contributed by atoms with Crippen LogP contribution in [0.4, 0.5) is 10.7 Å². The minimum absolute atomic E-state index is 0.180. The summed E-state index contributed by atoms with van der Waals surface area (Å²) in [4.78, 5) is 13.7. The topological polar surface area (TPSA) is 90.8 Å². The number of carbonyl (C=O) groups is 1. The van der Waals surface area contributed by atoms with Crippen LogP contribution in [0.25, 0.3) is 0 Å². The zero-order chi connectivity index (χ0) is 15.6. The van der Waals surface area contributed by atoms with Gasteiger partial charge in [-0.25, -0.2) is 4.79 Å². The molecule has 0 unspecified atom stereocenters. The molecule has 0 saturated carbocycles. The van der Waals surface area contributed by atoms with Gasteiger partial charge in [0.25, 0.3) is 5.88 Å². The first-order valence-corrected chi connectivity index (χ1v) is 7.08. The fraction of sp³-hybridized carbons (Fsp3) is 0.714. The number of likely N-dealkylation sites (tertiary alicyclic amines) is 1. The summed E-state index contributed by atoms with van der Waals surface area (Å²) < 4.78 is 15.6. The highest BCUT2D eigenvalue weighted by Gasteiger charge is 2.31. The van der Waals surface area contributed by atoms with E-state index in [0.717, 1.165) is 18.5 Å². The third-order valence-corrected chi connectivity index (χ3v) is 3.44. The lowest BCUT2D eigenvalue weighted by atomic mass is 9.93. The number of hydrogen-bond acceptors (Lipinski definition) is 6. The number of aromatic nitrogens is 1. The van der Waals surface area contributed by atoms with E-state index >= 15 is 0 Å². The third kappa shape index (κ3) is 3.59. The van der Waals surface area contributed by atoms with Crippen LogP contribution in [0, 0.1) is 0 Å². The molecule has 1 aromatic heterocycles. The van der Waals surface area contributed by atoms with Gasteiger partial charge in [-0.05, 0) is 33.6 Å². The van der Waals surface area contributed by atoms with Crippen molar-refractivity contribution in [1.29, 1.82) is 0 Å². The molecule has 0 radical (unpaired) electrons. The van der Waals surface area contributed by atoms with Crippen LogP contribution in [-0.2, 0) is 4.74 Å². The van der Waals surface area contributed by atoms with Crippen molar-refractivity contribution in [3.05, 3.63) is 5.69 Å². The van der Waals surface area contributed by atoms with Crippen molar-refractivity contribution < 1.29 is 18.8 Å². The van der Waals surface area contributed by atoms with E-state index in [-0.39, 0.29) is 17.9 Å². The Morgan fingerprint density at radius 2 is 2.00 bits per heavy atom. The Balaban J connectivity index is 1.95. The molecule has 1 saturated heterocycles. The second-order valence-electron chi connectivity index (χ2n) is 6.21. The number of amides is 1. The monoisotopic (exact) mass is 297 g/mol. The van der Waals surface area contributed by atoms with Crippen LogP contribution in [-0.4, -0.2) is 42.0 Å². The molecule has 1 aliphatic rings. The Bertz CT molecular complexity index is 499. The molecule has 2 N–H and O–H groups in total. The van der Waals surface area contributed by atoms with Gasteiger partial charge in [0, 0.05) is 19.0 Å². The molecule has 1 amide bonds. The minimum Gasteiger partial charge on any atom is -0.490 e. The first-order valence-electron chi connectivity index (χ1n) is 7.08. The largest absolute Gasteiger partial charge is 0.490 e. The van der Waals surface area contributed by atoms with Gasteiger partial charge >= 0.3 is 6.09 Å². The number of piperidine rings is 1. The lowest BCUT2D eigenvalue weighted by Gasteiger charge is -2.32. The van der Waals surface area contributed by atoms with Crippen molar-refractivity contribution in [3.8, 4) is 5.75 Å². The molecule has 1 aliphatic heterocycles. The van der Waals surface area contributed by atoms with E-state index in [0.29, 0.717) is 18.8 Å². The van der Waals surface area contributed by atoms with Crippen LogP contribution in [0.2, 0.25) is 0 Å². The molecule has 1 fully saturated rings. The highest BCUT2D eigenvalue weighted by Crippen LogP contribution is 2.37. The van der Waals surface area contributed by atoms with Crippen molar-refractivity contribution in [2.75, 3.05) is 25.9 Å². The average Bonchev–Trinajstić information content (AvgIpc) is 2.78. The lowest BCUT2D eigenvalue weighted by Crippen LogP contribution is -2.41. The summed E-state index contributed by atoms with van der Waals surface area (Å²) in [7, 11) is 1.54. The fourth-order valence-corrected chi connectivity index (χ4v) is 2.43. The Hall–Kier alpha value is -1.92. The zero-order valence-corrected chi connectivity index (χ0v) is 13.0. The molecule has 0 aliphatic carbocycles. The zero-order valence-electron chi connectivity index (χ0n) is 13.0. The maximum atomic E-state index is 12.0. The molecule has 0 bridgehead atoms. The molecule has 0 spiro atoms. The van der Waals surface area contributed by atoms with Crippen LogP contribution in [0.5, 0.6) is 5.75 Å². The summed E-state index contributed by atoms with van der Waals surface area (Å²) in [6.45, 7) is 6.83. The maximum Gasteiger partial charge on any atom is 0.410 e. The van der Waals surface area contributed by atoms with Gasteiger partial charge in [-0.2, -0.15) is 0 Å². The van der Waals surface area contributed by atoms with Gasteiger partial charge < -0.3 is 24.6 Å². The predicted molar refractivity (Wildman–Crippen MR) is 77.2 cm³/mol. The van der Waals surface area contributed by atoms with Crippen molar-refractivity contribution in [2.45, 2.75) is 45.1 Å². The first kappa shape index (κ1) is 15.5. The Morgan fingerprint density at radius 3 is 2.52 bits per heavy atom. The number of nitrogens with zero attached hydrogens (tertiary/aromatic N) is 2. The van der Waals surface area contributed by atoms with E-state index in [4.69, 9.17) is 19.7 Å². The molecule has 0 atom stereocenters. The summed E-state index contributed by atoms with van der Waals surface area (Å²) in [5.74, 6) is 0.882. The summed E-state index contributed by atoms with van der Waals surface area (Å²) in [5.41, 5.74) is 5.93. The predicted octanol–water partition coefficient (Wildman–Crippen LogP) is 2.38. The first-order chi connectivity index (χ1) is 9.81. The number of nitrogens with two attached hydrogens (primary N) is 1. The standard InChI is InChI=1S/C14H23N3O4/c1-14(2,3)20-13(18)17-7-5-9(6-8-17)10-11(19-4)12(15)21-16-10/h9H,5-8,15H2,1-4H3. The number of hydrogen-bond donors (Lipinski definition) is 1. The Kier molecular flexibility index (Phi) is 4.29. The Morgan fingerprint density at radius 1 is 1.38 bits per heavy atom. The van der Waals surface area contributed by atoms with Crippen LogP contribution >= 0.6 is 0 Å². The summed E-state index contributed by atoms with van der Waals surface area (Å²) in [5, 5.41) is 3.98. The van der Waals surface area contributed by atoms with Crippen molar-refractivity contribution >= 4 is 12.0 Å². The number of rotatable bonds is 2. The van der Waals surface area contributed by atoms with Crippen LogP contribution < -0.4 is 10.5 Å². The number of ether oxygens (including phenoxy) is 2. The number of carbonyl (C=O) groups excluding carboxylic acids is 1. The quantitative estimate of drug-likeness (QED) is 0.901. The van der Waals surface area contributed by atoms with Crippen LogP contribution in [0.1, 0.15) is 45.2 Å². The van der Waals surface area contributed by atoms with E-state index in [1.54, 1.807) is 12.0 Å². The van der Waals surface area contributed by atoms with Gasteiger partial charge in [0.05, 0.1) is 7.11 Å². The average molecular weight is 297 g/mol. The lowest BCUT2D eigenvalue weighted by molar-refractivity contribution is 0.0203. The molecule has 1 aromatic rings. The summed E-state index contributed by atoms with van der Waals surface area (Å²) in [6, 6.07) is 0. The molecule has 118 valence electrons. The molecule has 21 heavy (non-hydrogen) atoms. The summed E-state index contributed by atoms with van der Waals surface area (Å²) >= 11 is 0. The smallest absolute Gasteiger partial charge is 0.410 e. The molecule has 0 aromatic carbocycles. The SMILES string of the molecule is COc1c(C2CCN(C(=O)OC(C)(C)C)CC2)noc1N. The summed E-state index contributed by atoms with van der Waals surface area (Å²) in [6.07, 6.45) is 1.29. The van der Waals surface area contributed by atoms with Gasteiger partial charge in [-0.1, -0.05) is 5.16 Å². The van der Waals surface area contributed by atoms with Crippen molar-refractivity contribution in [2.24, 2.45) is 0 Å². The second-order valence-corrected chi connectivity index (χ2v) is 6.21. The molecule has 7 nitrogen and oxygen atoms in total. The fourth-order valence-electron chi connectivity index (χ4n) is 2.43. The molecule has 2 rings (SSSR count). The second kappa shape index (κ2) is 5.83. The Labute approximate surface area is 124 Å². The number of anilines is 1. The molecular weight excluding hydrogens is 274 g/mol. The molecule has 7 heteroatoms. The van der Waals surface area contributed by atoms with Gasteiger partial charge in [0.2, 0.25) is 5.75 Å². The third-order valence-electron chi connectivity index (χ3n) is 3.44. The maximum absolute atomic E-state index is 12.0. The molecule has 2 heterocycles. The van der Waals surface area contributed by atoms with Crippen molar-refractivity contribution in [3.63, 3.8) is 0 Å². The highest BCUT2D eigenvalue weighted by molar-refractivity contribution is 5.68. The van der Waals surface area contributed by atoms with Gasteiger partial charge in [-0.3, -0.25) is 0 Å². The van der Waals surface area contributed by atoms with Gasteiger partial charge in [0.1, 0.15) is 11.3 Å². The van der Waals surface area contributed by atoms with E-state index in [2.05, 4.69) is 5.16 Å². The minimum atomic E-state index is -0.474. The number of nitrogen functional groups attached to an aromatic ring is 1. The van der Waals surface area contributed by atoms with Crippen LogP contribution in [0.3, 0.4) is 0 Å². The van der Waals surface area contributed by atoms with E-state index in [9.17, 15) is 4.79 Å². The van der Waals surface area contributed by atoms with E-state index < -0.39 is 5.60 Å². The van der Waals surface area contributed by atoms with Gasteiger partial charge in [-0.15, -0.1) is 0 Å². The van der Waals surface area contributed by atoms with Crippen molar-refractivity contribution in [1.82, 2.24) is 10.1 Å². The highest BCUT2D eigenvalue weighted by atomic mass is 16.6. The molecular formula is C14H23N3O4. The normalized spacial score (nSPS) is 16.9. The number of methoxy groups -OCH3 is 1. The van der Waals surface area contributed by atoms with Gasteiger partial charge in [0.15, 0.2) is 0 Å². The van der Waals surface area contributed by atoms with Crippen LogP contribution in [0.15, 0.2) is 4.52 Å².